The first-order valence-electron chi connectivity index (χ1n) is 14.6. The fraction of sp³-hybridized carbons (Fsp3) is 0.452. The van der Waals surface area contributed by atoms with Crippen LogP contribution < -0.4 is 0 Å². The molecule has 1 aromatic carbocycles. The molecule has 12 heteroatoms. The van der Waals surface area contributed by atoms with Gasteiger partial charge in [-0.15, -0.1) is 0 Å². The quantitative estimate of drug-likeness (QED) is 0.333. The normalized spacial score (nSPS) is 19.4. The van der Waals surface area contributed by atoms with Crippen molar-refractivity contribution in [3.8, 4) is 11.3 Å². The molecule has 2 fully saturated rings. The molecule has 0 radical (unpaired) electrons. The molecule has 1 aliphatic carbocycles. The number of piperazine rings is 1. The molecule has 0 N–H and O–H groups in total. The van der Waals surface area contributed by atoms with Crippen LogP contribution in [0.15, 0.2) is 43.0 Å². The Morgan fingerprint density at radius 3 is 2.47 bits per heavy atom. The SMILES string of the molecule is Cc1cc(Cc2nccn3c(-c4cn(C)nc4C(F)(F)F)cnc23)ccc1C(=O)N1CCN(C(=O)[C@@H]2CC[C@@H](C)C2)CC1. The maximum atomic E-state index is 13.6. The van der Waals surface area contributed by atoms with Crippen LogP contribution in [-0.4, -0.2) is 71.9 Å². The number of fused-ring (bicyclic) bond motifs is 1. The zero-order valence-electron chi connectivity index (χ0n) is 24.4. The third-order valence-corrected chi connectivity index (χ3v) is 8.69. The van der Waals surface area contributed by atoms with Crippen molar-refractivity contribution in [1.29, 1.82) is 0 Å². The topological polar surface area (TPSA) is 88.6 Å². The van der Waals surface area contributed by atoms with Crippen molar-refractivity contribution in [3.05, 3.63) is 71.1 Å². The van der Waals surface area contributed by atoms with E-state index in [1.807, 2.05) is 34.9 Å². The summed E-state index contributed by atoms with van der Waals surface area (Å²) in [7, 11) is 1.45. The van der Waals surface area contributed by atoms with E-state index >= 15 is 0 Å². The lowest BCUT2D eigenvalue weighted by Gasteiger charge is -2.36. The number of aryl methyl sites for hydroxylation is 2. The number of aromatic nitrogens is 5. The second kappa shape index (κ2) is 11.1. The van der Waals surface area contributed by atoms with Crippen LogP contribution in [0.4, 0.5) is 13.2 Å². The van der Waals surface area contributed by atoms with Gasteiger partial charge in [0, 0.05) is 69.7 Å². The summed E-state index contributed by atoms with van der Waals surface area (Å²) in [5, 5.41) is 3.62. The van der Waals surface area contributed by atoms with Crippen molar-refractivity contribution in [2.75, 3.05) is 26.2 Å². The molecular formula is C31H34F3N7O2. The summed E-state index contributed by atoms with van der Waals surface area (Å²) in [5.41, 5.74) is 2.63. The van der Waals surface area contributed by atoms with Gasteiger partial charge in [-0.1, -0.05) is 19.1 Å². The number of amides is 2. The van der Waals surface area contributed by atoms with E-state index in [0.717, 1.165) is 35.1 Å². The number of benzene rings is 1. The van der Waals surface area contributed by atoms with Gasteiger partial charge < -0.3 is 9.80 Å². The Labute approximate surface area is 247 Å². The minimum Gasteiger partial charge on any atom is -0.339 e. The summed E-state index contributed by atoms with van der Waals surface area (Å²) in [6, 6.07) is 5.62. The summed E-state index contributed by atoms with van der Waals surface area (Å²) in [6.45, 7) is 6.21. The number of carbonyl (C=O) groups is 2. The van der Waals surface area contributed by atoms with Gasteiger partial charge in [0.25, 0.3) is 5.91 Å². The van der Waals surface area contributed by atoms with E-state index in [2.05, 4.69) is 22.0 Å². The molecule has 1 saturated heterocycles. The Bertz CT molecular complexity index is 1680. The maximum Gasteiger partial charge on any atom is 0.435 e. The molecule has 9 nitrogen and oxygen atoms in total. The Hall–Kier alpha value is -4.22. The summed E-state index contributed by atoms with van der Waals surface area (Å²) >= 11 is 0. The lowest BCUT2D eigenvalue weighted by molar-refractivity contribution is -0.141. The van der Waals surface area contributed by atoms with E-state index in [4.69, 9.17) is 0 Å². The summed E-state index contributed by atoms with van der Waals surface area (Å²) in [4.78, 5) is 38.9. The molecule has 3 aromatic heterocycles. The Kier molecular flexibility index (Phi) is 7.47. The molecule has 0 spiro atoms. The Morgan fingerprint density at radius 1 is 1.05 bits per heavy atom. The monoisotopic (exact) mass is 593 g/mol. The number of nitrogens with zero attached hydrogens (tertiary/aromatic N) is 7. The van der Waals surface area contributed by atoms with Crippen molar-refractivity contribution >= 4 is 17.5 Å². The summed E-state index contributed by atoms with van der Waals surface area (Å²) < 4.78 is 43.6. The van der Waals surface area contributed by atoms with Crippen LogP contribution in [0.25, 0.3) is 16.9 Å². The highest BCUT2D eigenvalue weighted by Gasteiger charge is 2.38. The average Bonchev–Trinajstić information content (AvgIpc) is 3.71. The van der Waals surface area contributed by atoms with E-state index in [0.29, 0.717) is 55.4 Å². The second-order valence-corrected chi connectivity index (χ2v) is 11.8. The van der Waals surface area contributed by atoms with Gasteiger partial charge in [-0.25, -0.2) is 4.98 Å². The fourth-order valence-electron chi connectivity index (χ4n) is 6.44. The maximum absolute atomic E-state index is 13.6. The number of halogens is 3. The molecule has 0 unspecified atom stereocenters. The van der Waals surface area contributed by atoms with E-state index in [1.54, 1.807) is 16.8 Å². The number of carbonyl (C=O) groups excluding carboxylic acids is 2. The van der Waals surface area contributed by atoms with Crippen LogP contribution in [0, 0.1) is 18.8 Å². The number of hydrogen-bond acceptors (Lipinski definition) is 5. The summed E-state index contributed by atoms with van der Waals surface area (Å²) in [5.74, 6) is 0.891. The molecule has 43 heavy (non-hydrogen) atoms. The largest absolute Gasteiger partial charge is 0.435 e. The van der Waals surface area contributed by atoms with Gasteiger partial charge in [0.2, 0.25) is 5.91 Å². The number of alkyl halides is 3. The van der Waals surface area contributed by atoms with E-state index in [-0.39, 0.29) is 29.0 Å². The molecule has 4 aromatic rings. The van der Waals surface area contributed by atoms with Gasteiger partial charge >= 0.3 is 6.18 Å². The minimum atomic E-state index is -4.60. The zero-order chi connectivity index (χ0) is 30.5. The zero-order valence-corrected chi connectivity index (χ0v) is 24.4. The highest BCUT2D eigenvalue weighted by Crippen LogP contribution is 2.36. The van der Waals surface area contributed by atoms with Crippen molar-refractivity contribution in [2.24, 2.45) is 18.9 Å². The van der Waals surface area contributed by atoms with Crippen LogP contribution in [0.2, 0.25) is 0 Å². The molecule has 2 aliphatic rings. The van der Waals surface area contributed by atoms with E-state index < -0.39 is 11.9 Å². The number of rotatable bonds is 5. The number of hydrogen-bond donors (Lipinski definition) is 0. The average molecular weight is 594 g/mol. The summed E-state index contributed by atoms with van der Waals surface area (Å²) in [6.07, 6.45) is 4.66. The van der Waals surface area contributed by atoms with Crippen molar-refractivity contribution in [3.63, 3.8) is 0 Å². The molecule has 0 bridgehead atoms. The molecule has 1 aliphatic heterocycles. The van der Waals surface area contributed by atoms with Crippen molar-refractivity contribution in [2.45, 2.75) is 45.7 Å². The third kappa shape index (κ3) is 5.62. The predicted octanol–water partition coefficient (Wildman–Crippen LogP) is 4.77. The fourth-order valence-corrected chi connectivity index (χ4v) is 6.44. The molecule has 2 amide bonds. The van der Waals surface area contributed by atoms with Gasteiger partial charge in [0.05, 0.1) is 23.1 Å². The first kappa shape index (κ1) is 28.9. The Morgan fingerprint density at radius 2 is 1.79 bits per heavy atom. The Balaban J connectivity index is 1.16. The molecular weight excluding hydrogens is 559 g/mol. The molecule has 6 rings (SSSR count). The highest BCUT2D eigenvalue weighted by atomic mass is 19.4. The molecule has 2 atom stereocenters. The highest BCUT2D eigenvalue weighted by molar-refractivity contribution is 5.96. The minimum absolute atomic E-state index is 0.0549. The standard InChI is InChI=1S/C31H34F3N7O2/c1-19-4-6-22(14-19)29(42)39-10-12-40(13-11-39)30(43)23-7-5-21(15-20(23)2)16-25-28-36-17-26(41(28)9-8-35-25)24-18-38(3)37-27(24)31(32,33)34/h5,7-9,15,17-19,22H,4,6,10-14,16H2,1-3H3/t19-,22-/m1/s1. The lowest BCUT2D eigenvalue weighted by atomic mass is 10.0. The van der Waals surface area contributed by atoms with Crippen LogP contribution in [0.5, 0.6) is 0 Å². The van der Waals surface area contributed by atoms with Gasteiger partial charge in [-0.3, -0.25) is 23.7 Å². The van der Waals surface area contributed by atoms with Gasteiger partial charge in [-0.05, 0) is 49.3 Å². The van der Waals surface area contributed by atoms with Crippen LogP contribution in [0.1, 0.15) is 59.1 Å². The van der Waals surface area contributed by atoms with Crippen molar-refractivity contribution in [1.82, 2.24) is 33.9 Å². The van der Waals surface area contributed by atoms with E-state index in [1.165, 1.54) is 19.4 Å². The molecule has 4 heterocycles. The van der Waals surface area contributed by atoms with Crippen LogP contribution >= 0.6 is 0 Å². The second-order valence-electron chi connectivity index (χ2n) is 11.8. The van der Waals surface area contributed by atoms with Crippen molar-refractivity contribution < 1.29 is 22.8 Å². The van der Waals surface area contributed by atoms with E-state index in [9.17, 15) is 22.8 Å². The third-order valence-electron chi connectivity index (χ3n) is 8.69. The smallest absolute Gasteiger partial charge is 0.339 e. The number of imidazole rings is 1. The molecule has 226 valence electrons. The lowest BCUT2D eigenvalue weighted by Crippen LogP contribution is -2.51. The van der Waals surface area contributed by atoms with Gasteiger partial charge in [-0.2, -0.15) is 18.3 Å². The first-order valence-corrected chi connectivity index (χ1v) is 14.6. The molecule has 1 saturated carbocycles. The van der Waals surface area contributed by atoms with Gasteiger partial charge in [0.1, 0.15) is 0 Å². The van der Waals surface area contributed by atoms with Crippen LogP contribution in [0.3, 0.4) is 0 Å². The van der Waals surface area contributed by atoms with Crippen LogP contribution in [-0.2, 0) is 24.4 Å². The first-order chi connectivity index (χ1) is 20.5. The predicted molar refractivity (Wildman–Crippen MR) is 153 cm³/mol. The van der Waals surface area contributed by atoms with Gasteiger partial charge in [0.15, 0.2) is 11.3 Å².